The molecule has 0 radical (unpaired) electrons. The second kappa shape index (κ2) is 9.34. The molecule has 0 saturated heterocycles. The first-order valence-corrected chi connectivity index (χ1v) is 9.22. The molecule has 3 nitrogen and oxygen atoms in total. The maximum Gasteiger partial charge on any atom is 0.211 e. The van der Waals surface area contributed by atoms with Crippen molar-refractivity contribution in [2.75, 3.05) is 17.6 Å². The van der Waals surface area contributed by atoms with Crippen molar-refractivity contribution in [1.29, 1.82) is 0 Å². The summed E-state index contributed by atoms with van der Waals surface area (Å²) < 4.78 is 26.2. The van der Waals surface area contributed by atoms with Gasteiger partial charge in [0.25, 0.3) is 0 Å². The number of nitrogens with one attached hydrogen (secondary N) is 1. The summed E-state index contributed by atoms with van der Waals surface area (Å²) in [5.41, 5.74) is 0. The largest absolute Gasteiger partial charge is 0.215 e. The van der Waals surface area contributed by atoms with Crippen LogP contribution >= 0.6 is 15.9 Å². The van der Waals surface area contributed by atoms with Crippen LogP contribution in [0.15, 0.2) is 0 Å². The maximum atomic E-state index is 11.7. The van der Waals surface area contributed by atoms with E-state index >= 15 is 0 Å². The molecule has 1 atom stereocenters. The lowest BCUT2D eigenvalue weighted by molar-refractivity contribution is 0.458. The number of rotatable bonds is 10. The molecule has 1 N–H and O–H groups in total. The van der Waals surface area contributed by atoms with Crippen LogP contribution in [-0.2, 0) is 10.0 Å². The van der Waals surface area contributed by atoms with Crippen molar-refractivity contribution in [3.8, 4) is 0 Å². The minimum atomic E-state index is -3.07. The highest BCUT2D eigenvalue weighted by atomic mass is 79.9. The van der Waals surface area contributed by atoms with Crippen LogP contribution in [0.5, 0.6) is 0 Å². The SMILES string of the molecule is CCCC(CCBr)CNS(=O)(=O)CCC(C)C. The van der Waals surface area contributed by atoms with Crippen LogP contribution in [0, 0.1) is 11.8 Å². The van der Waals surface area contributed by atoms with Crippen molar-refractivity contribution < 1.29 is 8.42 Å². The molecule has 0 aliphatic rings. The molecule has 0 amide bonds. The molecule has 0 rings (SSSR count). The van der Waals surface area contributed by atoms with Crippen LogP contribution in [0.3, 0.4) is 0 Å². The van der Waals surface area contributed by atoms with Crippen LogP contribution < -0.4 is 4.72 Å². The molecule has 0 aliphatic carbocycles. The van der Waals surface area contributed by atoms with Crippen molar-refractivity contribution >= 4 is 26.0 Å². The molecule has 0 saturated carbocycles. The molecule has 0 aromatic rings. The first-order chi connectivity index (χ1) is 7.91. The Morgan fingerprint density at radius 3 is 2.29 bits per heavy atom. The molecule has 5 heteroatoms. The van der Waals surface area contributed by atoms with E-state index in [-0.39, 0.29) is 5.75 Å². The third-order valence-electron chi connectivity index (χ3n) is 2.77. The molecular weight excluding hydrogens is 302 g/mol. The molecular formula is C12H26BrNO2S. The second-order valence-electron chi connectivity index (χ2n) is 4.98. The summed E-state index contributed by atoms with van der Waals surface area (Å²) in [5.74, 6) is 1.13. The molecule has 104 valence electrons. The predicted octanol–water partition coefficient (Wildman–Crippen LogP) is 3.15. The van der Waals surface area contributed by atoms with Gasteiger partial charge in [-0.15, -0.1) is 0 Å². The Bertz CT molecular complexity index is 272. The lowest BCUT2D eigenvalue weighted by Crippen LogP contribution is -2.32. The Balaban J connectivity index is 4.04. The van der Waals surface area contributed by atoms with Gasteiger partial charge in [0.1, 0.15) is 0 Å². The van der Waals surface area contributed by atoms with E-state index < -0.39 is 10.0 Å². The standard InChI is InChI=1S/C12H26BrNO2S/c1-4-5-12(6-8-13)10-14-17(15,16)9-7-11(2)3/h11-12,14H,4-10H2,1-3H3. The molecule has 0 aromatic carbocycles. The summed E-state index contributed by atoms with van der Waals surface area (Å²) in [5, 5.41) is 0.936. The quantitative estimate of drug-likeness (QED) is 0.626. The third kappa shape index (κ3) is 10.0. The van der Waals surface area contributed by atoms with E-state index in [4.69, 9.17) is 0 Å². The van der Waals surface area contributed by atoms with E-state index in [0.29, 0.717) is 18.4 Å². The average molecular weight is 328 g/mol. The van der Waals surface area contributed by atoms with Crippen molar-refractivity contribution in [2.45, 2.75) is 46.5 Å². The Labute approximate surface area is 115 Å². The molecule has 0 heterocycles. The highest BCUT2D eigenvalue weighted by Gasteiger charge is 2.14. The van der Waals surface area contributed by atoms with Crippen molar-refractivity contribution in [3.05, 3.63) is 0 Å². The van der Waals surface area contributed by atoms with Crippen molar-refractivity contribution in [2.24, 2.45) is 11.8 Å². The maximum absolute atomic E-state index is 11.7. The summed E-state index contributed by atoms with van der Waals surface area (Å²) in [6.07, 6.45) is 3.94. The summed E-state index contributed by atoms with van der Waals surface area (Å²) in [6, 6.07) is 0. The average Bonchev–Trinajstić information content (AvgIpc) is 2.24. The van der Waals surface area contributed by atoms with Gasteiger partial charge in [0, 0.05) is 11.9 Å². The summed E-state index contributed by atoms with van der Waals surface area (Å²) in [4.78, 5) is 0. The van der Waals surface area contributed by atoms with Gasteiger partial charge in [-0.1, -0.05) is 43.1 Å². The fourth-order valence-corrected chi connectivity index (χ4v) is 3.68. The van der Waals surface area contributed by atoms with Gasteiger partial charge in [0.2, 0.25) is 10.0 Å². The van der Waals surface area contributed by atoms with E-state index in [2.05, 4.69) is 27.6 Å². The lowest BCUT2D eigenvalue weighted by atomic mass is 10.0. The molecule has 0 spiro atoms. The number of alkyl halides is 1. The van der Waals surface area contributed by atoms with Gasteiger partial charge >= 0.3 is 0 Å². The highest BCUT2D eigenvalue weighted by molar-refractivity contribution is 9.09. The molecule has 0 fully saturated rings. The van der Waals surface area contributed by atoms with Gasteiger partial charge in [-0.2, -0.15) is 0 Å². The molecule has 0 aromatic heterocycles. The summed E-state index contributed by atoms with van der Waals surface area (Å²) in [6.45, 7) is 6.80. The Morgan fingerprint density at radius 2 is 1.82 bits per heavy atom. The zero-order chi connectivity index (χ0) is 13.3. The highest BCUT2D eigenvalue weighted by Crippen LogP contribution is 2.12. The van der Waals surface area contributed by atoms with Gasteiger partial charge in [-0.05, 0) is 31.1 Å². The third-order valence-corrected chi connectivity index (χ3v) is 4.61. The lowest BCUT2D eigenvalue weighted by Gasteiger charge is -2.16. The van der Waals surface area contributed by atoms with Crippen LogP contribution in [0.25, 0.3) is 0 Å². The smallest absolute Gasteiger partial charge is 0.211 e. The summed E-state index contributed by atoms with van der Waals surface area (Å²) in [7, 11) is -3.07. The first-order valence-electron chi connectivity index (χ1n) is 6.44. The van der Waals surface area contributed by atoms with Crippen molar-refractivity contribution in [3.63, 3.8) is 0 Å². The van der Waals surface area contributed by atoms with Gasteiger partial charge in [0.15, 0.2) is 0 Å². The van der Waals surface area contributed by atoms with Gasteiger partial charge in [-0.3, -0.25) is 0 Å². The molecule has 17 heavy (non-hydrogen) atoms. The number of halogens is 1. The van der Waals surface area contributed by atoms with E-state index in [1.165, 1.54) is 0 Å². The van der Waals surface area contributed by atoms with Crippen LogP contribution in [-0.4, -0.2) is 26.0 Å². The van der Waals surface area contributed by atoms with Crippen LogP contribution in [0.4, 0.5) is 0 Å². The van der Waals surface area contributed by atoms with E-state index in [1.54, 1.807) is 0 Å². The number of sulfonamides is 1. The zero-order valence-electron chi connectivity index (χ0n) is 11.2. The van der Waals surface area contributed by atoms with Gasteiger partial charge in [-0.25, -0.2) is 13.1 Å². The fraction of sp³-hybridized carbons (Fsp3) is 1.00. The summed E-state index contributed by atoms with van der Waals surface area (Å²) >= 11 is 3.41. The number of hydrogen-bond acceptors (Lipinski definition) is 2. The number of hydrogen-bond donors (Lipinski definition) is 1. The topological polar surface area (TPSA) is 46.2 Å². The van der Waals surface area contributed by atoms with Crippen molar-refractivity contribution in [1.82, 2.24) is 4.72 Å². The van der Waals surface area contributed by atoms with Crippen LogP contribution in [0.1, 0.15) is 46.5 Å². The Kier molecular flexibility index (Phi) is 9.55. The first kappa shape index (κ1) is 17.4. The minimum absolute atomic E-state index is 0.248. The molecule has 0 bridgehead atoms. The normalized spacial score (nSPS) is 14.2. The monoisotopic (exact) mass is 327 g/mol. The Hall–Kier alpha value is 0.390. The predicted molar refractivity (Wildman–Crippen MR) is 78.1 cm³/mol. The minimum Gasteiger partial charge on any atom is -0.215 e. The second-order valence-corrected chi connectivity index (χ2v) is 7.70. The zero-order valence-corrected chi connectivity index (χ0v) is 13.6. The molecule has 1 unspecified atom stereocenters. The van der Waals surface area contributed by atoms with Gasteiger partial charge in [0.05, 0.1) is 5.75 Å². The molecule has 0 aliphatic heterocycles. The van der Waals surface area contributed by atoms with E-state index in [9.17, 15) is 8.42 Å². The van der Waals surface area contributed by atoms with Gasteiger partial charge < -0.3 is 0 Å². The van der Waals surface area contributed by atoms with Crippen LogP contribution in [0.2, 0.25) is 0 Å². The van der Waals surface area contributed by atoms with E-state index in [0.717, 1.165) is 31.0 Å². The Morgan fingerprint density at radius 1 is 1.18 bits per heavy atom. The van der Waals surface area contributed by atoms with E-state index in [1.807, 2.05) is 13.8 Å². The fourth-order valence-electron chi connectivity index (χ4n) is 1.62.